The van der Waals surface area contributed by atoms with Crippen LogP contribution in [0.3, 0.4) is 0 Å². The molecule has 0 fully saturated rings. The van der Waals surface area contributed by atoms with Crippen molar-refractivity contribution in [2.75, 3.05) is 13.2 Å². The van der Waals surface area contributed by atoms with Crippen LogP contribution in [0.5, 0.6) is 0 Å². The van der Waals surface area contributed by atoms with Crippen LogP contribution in [0.4, 0.5) is 0 Å². The lowest BCUT2D eigenvalue weighted by atomic mass is 10.0. The van der Waals surface area contributed by atoms with Crippen molar-refractivity contribution in [1.29, 1.82) is 0 Å². The van der Waals surface area contributed by atoms with Gasteiger partial charge in [0.1, 0.15) is 0 Å². The minimum absolute atomic E-state index is 0.0245. The molecule has 0 bridgehead atoms. The summed E-state index contributed by atoms with van der Waals surface area (Å²) < 4.78 is 5.52. The highest BCUT2D eigenvalue weighted by Crippen LogP contribution is 2.21. The number of hydrogen-bond acceptors (Lipinski definition) is 5. The van der Waals surface area contributed by atoms with Gasteiger partial charge in [-0.2, -0.15) is 0 Å². The minimum Gasteiger partial charge on any atom is -0.466 e. The largest absolute Gasteiger partial charge is 0.466 e. The van der Waals surface area contributed by atoms with E-state index in [1.54, 1.807) is 0 Å². The van der Waals surface area contributed by atoms with Gasteiger partial charge in [0.2, 0.25) is 5.91 Å². The van der Waals surface area contributed by atoms with E-state index in [9.17, 15) is 19.8 Å². The Balaban J connectivity index is 3.33. The normalized spacial score (nSPS) is 12.5. The van der Waals surface area contributed by atoms with Crippen molar-refractivity contribution in [2.45, 2.75) is 488 Å². The van der Waals surface area contributed by atoms with Crippen LogP contribution >= 0.6 is 0 Å². The second-order valence-corrected chi connectivity index (χ2v) is 28.5. The van der Waals surface area contributed by atoms with Crippen LogP contribution in [0, 0.1) is 0 Å². The zero-order valence-electron chi connectivity index (χ0n) is 60.3. The first-order valence-corrected chi connectivity index (χ1v) is 40.9. The van der Waals surface area contributed by atoms with Crippen LogP contribution < -0.4 is 5.32 Å². The van der Waals surface area contributed by atoms with E-state index in [0.29, 0.717) is 25.9 Å². The molecule has 6 nitrogen and oxygen atoms in total. The summed E-state index contributed by atoms with van der Waals surface area (Å²) in [6.07, 6.45) is 98.9. The minimum atomic E-state index is -0.663. The van der Waals surface area contributed by atoms with Crippen molar-refractivity contribution in [1.82, 2.24) is 5.32 Å². The quantitative estimate of drug-likeness (QED) is 0.0320. The summed E-state index contributed by atoms with van der Waals surface area (Å²) in [5, 5.41) is 23.4. The fourth-order valence-electron chi connectivity index (χ4n) is 13.3. The number of aliphatic hydroxyl groups is 2. The van der Waals surface area contributed by atoms with Gasteiger partial charge in [0.05, 0.1) is 25.4 Å². The first-order valence-electron chi connectivity index (χ1n) is 40.9. The zero-order valence-corrected chi connectivity index (χ0v) is 60.3. The van der Waals surface area contributed by atoms with E-state index in [1.807, 2.05) is 0 Å². The first-order chi connectivity index (χ1) is 43.5. The number of nitrogens with one attached hydrogen (secondary N) is 1. The van der Waals surface area contributed by atoms with Gasteiger partial charge in [0.15, 0.2) is 0 Å². The zero-order chi connectivity index (χ0) is 63.5. The summed E-state index contributed by atoms with van der Waals surface area (Å²) in [4.78, 5) is 24.7. The van der Waals surface area contributed by atoms with Crippen molar-refractivity contribution in [3.63, 3.8) is 0 Å². The van der Waals surface area contributed by atoms with E-state index < -0.39 is 12.1 Å². The number of ether oxygens (including phenoxy) is 1. The van der Waals surface area contributed by atoms with Gasteiger partial charge in [-0.1, -0.05) is 424 Å². The highest BCUT2D eigenvalue weighted by molar-refractivity contribution is 5.76. The van der Waals surface area contributed by atoms with Gasteiger partial charge in [-0.25, -0.2) is 0 Å². The molecule has 2 atom stereocenters. The van der Waals surface area contributed by atoms with E-state index in [-0.39, 0.29) is 18.5 Å². The third-order valence-corrected chi connectivity index (χ3v) is 19.6. The number of esters is 1. The molecule has 524 valence electrons. The summed E-state index contributed by atoms with van der Waals surface area (Å²) >= 11 is 0. The number of amides is 1. The number of carbonyl (C=O) groups excluding carboxylic acids is 2. The van der Waals surface area contributed by atoms with Crippen LogP contribution in [-0.4, -0.2) is 47.4 Å². The molecule has 0 rings (SSSR count). The summed E-state index contributed by atoms with van der Waals surface area (Å²) in [5.74, 6) is -0.00177. The number of rotatable bonds is 78. The van der Waals surface area contributed by atoms with E-state index in [4.69, 9.17) is 4.74 Å². The van der Waals surface area contributed by atoms with E-state index in [2.05, 4.69) is 31.3 Å². The maximum atomic E-state index is 12.6. The molecule has 0 radical (unpaired) electrons. The maximum absolute atomic E-state index is 12.6. The van der Waals surface area contributed by atoms with Crippen LogP contribution in [0.15, 0.2) is 12.2 Å². The van der Waals surface area contributed by atoms with Crippen LogP contribution in [0.1, 0.15) is 476 Å². The molecule has 0 saturated carbocycles. The SMILES string of the molecule is CCCCCCCCCCCCCCCCCCCCCCC(O)C(CO)NC(=O)CCCCCCCCCCCCCCCCCCC/C=C\CCCCCCCCCCCCCCOC(=O)CCCCCCCCCCCCCCCCCCCC. The van der Waals surface area contributed by atoms with Gasteiger partial charge in [-0.15, -0.1) is 0 Å². The predicted molar refractivity (Wildman–Crippen MR) is 389 cm³/mol. The Morgan fingerprint density at radius 3 is 0.807 bits per heavy atom. The standard InChI is InChI=1S/C82H161NO5/c1-3-5-7-9-11-13-15-17-19-21-23-39-42-46-50-54-58-62-66-70-74-80(85)79(78-84)83-81(86)75-71-67-63-59-55-51-47-43-40-37-35-33-31-29-27-25-24-26-28-30-32-34-36-38-41-45-49-53-57-61-65-69-73-77-88-82(87)76-72-68-64-60-56-52-48-44-22-20-18-16-14-12-10-8-6-4-2/h28,30,79-80,84-85H,3-27,29,31-78H2,1-2H3,(H,83,86)/b30-28-. The highest BCUT2D eigenvalue weighted by Gasteiger charge is 2.20. The third kappa shape index (κ3) is 73.6. The van der Waals surface area contributed by atoms with Crippen molar-refractivity contribution < 1.29 is 24.5 Å². The van der Waals surface area contributed by atoms with Gasteiger partial charge >= 0.3 is 5.97 Å². The lowest BCUT2D eigenvalue weighted by Crippen LogP contribution is -2.45. The smallest absolute Gasteiger partial charge is 0.305 e. The fraction of sp³-hybridized carbons (Fsp3) is 0.951. The average molecular weight is 1240 g/mol. The molecule has 1 amide bonds. The van der Waals surface area contributed by atoms with E-state index >= 15 is 0 Å². The van der Waals surface area contributed by atoms with Crippen LogP contribution in [0.25, 0.3) is 0 Å². The second-order valence-electron chi connectivity index (χ2n) is 28.5. The number of carbonyl (C=O) groups is 2. The Hall–Kier alpha value is -1.40. The molecule has 3 N–H and O–H groups in total. The third-order valence-electron chi connectivity index (χ3n) is 19.6. The summed E-state index contributed by atoms with van der Waals surface area (Å²) in [7, 11) is 0. The summed E-state index contributed by atoms with van der Waals surface area (Å²) in [5.41, 5.74) is 0. The Morgan fingerprint density at radius 2 is 0.534 bits per heavy atom. The van der Waals surface area contributed by atoms with Gasteiger partial charge in [0.25, 0.3) is 0 Å². The molecule has 0 heterocycles. The lowest BCUT2D eigenvalue weighted by molar-refractivity contribution is -0.143. The molecular formula is C82H161NO5. The Labute approximate surface area is 552 Å². The van der Waals surface area contributed by atoms with Crippen LogP contribution in [-0.2, 0) is 14.3 Å². The van der Waals surface area contributed by atoms with Crippen molar-refractivity contribution in [3.05, 3.63) is 12.2 Å². The second kappa shape index (κ2) is 78.0. The summed E-state index contributed by atoms with van der Waals surface area (Å²) in [6, 6.07) is -0.539. The number of unbranched alkanes of at least 4 members (excludes halogenated alkanes) is 65. The summed E-state index contributed by atoms with van der Waals surface area (Å²) in [6.45, 7) is 5.02. The molecule has 6 heteroatoms. The molecule has 0 aliphatic carbocycles. The molecule has 88 heavy (non-hydrogen) atoms. The predicted octanol–water partition coefficient (Wildman–Crippen LogP) is 27.1. The van der Waals surface area contributed by atoms with Gasteiger partial charge in [0, 0.05) is 12.8 Å². The molecule has 0 aromatic carbocycles. The lowest BCUT2D eigenvalue weighted by Gasteiger charge is -2.22. The first kappa shape index (κ1) is 86.6. The fourth-order valence-corrected chi connectivity index (χ4v) is 13.3. The molecule has 0 aromatic heterocycles. The number of allylic oxidation sites excluding steroid dienone is 2. The molecule has 2 unspecified atom stereocenters. The van der Waals surface area contributed by atoms with Crippen LogP contribution in [0.2, 0.25) is 0 Å². The topological polar surface area (TPSA) is 95.9 Å². The van der Waals surface area contributed by atoms with E-state index in [0.717, 1.165) is 38.5 Å². The van der Waals surface area contributed by atoms with Crippen molar-refractivity contribution >= 4 is 11.9 Å². The van der Waals surface area contributed by atoms with Gasteiger partial charge < -0.3 is 20.3 Å². The Bertz CT molecular complexity index is 1340. The number of aliphatic hydroxyl groups excluding tert-OH is 2. The number of hydrogen-bond donors (Lipinski definition) is 3. The molecular weight excluding hydrogens is 1080 g/mol. The monoisotopic (exact) mass is 1240 g/mol. The van der Waals surface area contributed by atoms with Crippen molar-refractivity contribution in [3.8, 4) is 0 Å². The molecule has 0 saturated heterocycles. The van der Waals surface area contributed by atoms with Gasteiger partial charge in [-0.3, -0.25) is 9.59 Å². The molecule has 0 aliphatic heterocycles. The van der Waals surface area contributed by atoms with Gasteiger partial charge in [-0.05, 0) is 51.4 Å². The van der Waals surface area contributed by atoms with Crippen molar-refractivity contribution in [2.24, 2.45) is 0 Å². The molecule has 0 aromatic rings. The average Bonchev–Trinajstić information content (AvgIpc) is 3.58. The Morgan fingerprint density at radius 1 is 0.307 bits per heavy atom. The molecule has 0 spiro atoms. The Kier molecular flexibility index (Phi) is 76.8. The maximum Gasteiger partial charge on any atom is 0.305 e. The van der Waals surface area contributed by atoms with E-state index in [1.165, 1.54) is 405 Å². The molecule has 0 aliphatic rings. The highest BCUT2D eigenvalue weighted by atomic mass is 16.5.